The number of aryl methyl sites for hydroxylation is 1. The third kappa shape index (κ3) is 10.1. The standard InChI is InChI=1S/C33H52N6O7S/c1-23-18-39(24(2)21-40)32(41)28-17-27(36-47(43,44)31-20-37(4)22-34-31)14-15-29(28)46-25(3)11-9-10-16-45-30(23)19-38(5)33(42)35-26-12-7-6-8-13-26/h14-15,17,20,22-26,30,36,40H,6-13,16,18-19,21H2,1-5H3,(H,35,42)/t23-,24-,25+,30-/m1/s1. The number of aromatic nitrogens is 2. The number of hydrogen-bond acceptors (Lipinski definition) is 8. The molecule has 1 fully saturated rings. The molecule has 3 amide bonds. The average Bonchev–Trinajstić information content (AvgIpc) is 3.50. The summed E-state index contributed by atoms with van der Waals surface area (Å²) in [6, 6.07) is 4.11. The van der Waals surface area contributed by atoms with Gasteiger partial charge in [0, 0.05) is 57.6 Å². The van der Waals surface area contributed by atoms with E-state index in [0.29, 0.717) is 25.3 Å². The number of amides is 3. The Kier molecular flexibility index (Phi) is 12.9. The number of rotatable bonds is 8. The molecule has 3 N–H and O–H groups in total. The van der Waals surface area contributed by atoms with Gasteiger partial charge < -0.3 is 34.3 Å². The molecule has 1 aliphatic heterocycles. The van der Waals surface area contributed by atoms with E-state index < -0.39 is 22.0 Å². The Morgan fingerprint density at radius 2 is 1.87 bits per heavy atom. The van der Waals surface area contributed by atoms with Gasteiger partial charge in [-0.3, -0.25) is 9.52 Å². The van der Waals surface area contributed by atoms with Crippen LogP contribution in [0.4, 0.5) is 10.5 Å². The van der Waals surface area contributed by atoms with Crippen LogP contribution in [0, 0.1) is 5.92 Å². The molecule has 0 radical (unpaired) electrons. The minimum Gasteiger partial charge on any atom is -0.490 e. The minimum absolute atomic E-state index is 0.135. The van der Waals surface area contributed by atoms with Crippen molar-refractivity contribution in [3.63, 3.8) is 0 Å². The van der Waals surface area contributed by atoms with Gasteiger partial charge in [0.2, 0.25) is 0 Å². The van der Waals surface area contributed by atoms with Crippen LogP contribution in [-0.2, 0) is 21.8 Å². The summed E-state index contributed by atoms with van der Waals surface area (Å²) >= 11 is 0. The number of carbonyl (C=O) groups is 2. The Hall–Kier alpha value is -3.36. The topological polar surface area (TPSA) is 155 Å². The third-order valence-corrected chi connectivity index (χ3v) is 10.3. The number of anilines is 1. The number of benzene rings is 1. The summed E-state index contributed by atoms with van der Waals surface area (Å²) in [5, 5.41) is 13.2. The number of aliphatic hydroxyl groups excluding tert-OH is 1. The van der Waals surface area contributed by atoms with Crippen LogP contribution in [0.1, 0.15) is 82.5 Å². The zero-order valence-corrected chi connectivity index (χ0v) is 29.2. The van der Waals surface area contributed by atoms with Crippen molar-refractivity contribution in [2.75, 3.05) is 38.1 Å². The molecule has 0 unspecified atom stereocenters. The molecule has 1 saturated carbocycles. The van der Waals surface area contributed by atoms with Crippen molar-refractivity contribution in [1.82, 2.24) is 24.7 Å². The Morgan fingerprint density at radius 1 is 1.15 bits per heavy atom. The summed E-state index contributed by atoms with van der Waals surface area (Å²) in [5.74, 6) is -0.302. The van der Waals surface area contributed by atoms with E-state index in [1.807, 2.05) is 13.8 Å². The fourth-order valence-electron chi connectivity index (χ4n) is 6.07. The second-order valence-electron chi connectivity index (χ2n) is 13.2. The maximum absolute atomic E-state index is 14.3. The Labute approximate surface area is 279 Å². The number of carbonyl (C=O) groups excluding carboxylic acids is 2. The maximum Gasteiger partial charge on any atom is 0.317 e. The predicted molar refractivity (Wildman–Crippen MR) is 179 cm³/mol. The Balaban J connectivity index is 1.60. The molecule has 1 aromatic carbocycles. The molecule has 13 nitrogen and oxygen atoms in total. The highest BCUT2D eigenvalue weighted by atomic mass is 32.2. The highest BCUT2D eigenvalue weighted by Gasteiger charge is 2.31. The number of ether oxygens (including phenoxy) is 2. The lowest BCUT2D eigenvalue weighted by Gasteiger charge is -2.36. The quantitative estimate of drug-likeness (QED) is 0.379. The second-order valence-corrected chi connectivity index (χ2v) is 14.8. The molecule has 4 atom stereocenters. The van der Waals surface area contributed by atoms with E-state index in [1.54, 1.807) is 43.0 Å². The van der Waals surface area contributed by atoms with Crippen LogP contribution in [0.15, 0.2) is 35.7 Å². The van der Waals surface area contributed by atoms with Gasteiger partial charge in [0.1, 0.15) is 5.75 Å². The summed E-state index contributed by atoms with van der Waals surface area (Å²) in [7, 11) is -0.577. The molecule has 0 saturated heterocycles. The monoisotopic (exact) mass is 676 g/mol. The molecule has 47 heavy (non-hydrogen) atoms. The zero-order valence-electron chi connectivity index (χ0n) is 28.4. The first kappa shape index (κ1) is 36.5. The summed E-state index contributed by atoms with van der Waals surface area (Å²) < 4.78 is 42.8. The first-order chi connectivity index (χ1) is 22.4. The molecule has 2 heterocycles. The molecular formula is C33H52N6O7S. The van der Waals surface area contributed by atoms with Gasteiger partial charge in [-0.2, -0.15) is 8.42 Å². The van der Waals surface area contributed by atoms with E-state index in [0.717, 1.165) is 38.5 Å². The van der Waals surface area contributed by atoms with Crippen molar-refractivity contribution in [2.45, 2.75) is 101 Å². The number of sulfonamides is 1. The van der Waals surface area contributed by atoms with E-state index >= 15 is 0 Å². The number of hydrogen-bond donors (Lipinski definition) is 3. The molecule has 2 aromatic rings. The maximum atomic E-state index is 14.3. The molecule has 1 aliphatic carbocycles. The largest absolute Gasteiger partial charge is 0.490 e. The predicted octanol–water partition coefficient (Wildman–Crippen LogP) is 3.99. The van der Waals surface area contributed by atoms with Gasteiger partial charge in [-0.05, 0) is 64.2 Å². The zero-order chi connectivity index (χ0) is 34.1. The first-order valence-corrected chi connectivity index (χ1v) is 18.2. The number of fused-ring (bicyclic) bond motifs is 1. The number of nitrogens with zero attached hydrogens (tertiary/aromatic N) is 4. The highest BCUT2D eigenvalue weighted by Crippen LogP contribution is 2.29. The number of nitrogens with one attached hydrogen (secondary N) is 2. The second kappa shape index (κ2) is 16.6. The summed E-state index contributed by atoms with van der Waals surface area (Å²) in [6.07, 6.45) is 9.95. The Morgan fingerprint density at radius 3 is 2.55 bits per heavy atom. The van der Waals surface area contributed by atoms with Gasteiger partial charge in [-0.1, -0.05) is 26.2 Å². The lowest BCUT2D eigenvalue weighted by molar-refractivity contribution is -0.0123. The fourth-order valence-corrected chi connectivity index (χ4v) is 7.10. The normalized spacial score (nSPS) is 22.8. The molecular weight excluding hydrogens is 624 g/mol. The molecule has 1 aromatic heterocycles. The third-order valence-electron chi connectivity index (χ3n) is 8.99. The number of urea groups is 1. The van der Waals surface area contributed by atoms with E-state index in [4.69, 9.17) is 9.47 Å². The van der Waals surface area contributed by atoms with E-state index in [9.17, 15) is 23.1 Å². The van der Waals surface area contributed by atoms with Crippen LogP contribution in [-0.4, -0.2) is 102 Å². The van der Waals surface area contributed by atoms with Crippen LogP contribution >= 0.6 is 0 Å². The van der Waals surface area contributed by atoms with Gasteiger partial charge in [0.25, 0.3) is 15.9 Å². The van der Waals surface area contributed by atoms with E-state index in [-0.39, 0.29) is 59.6 Å². The van der Waals surface area contributed by atoms with Crippen LogP contribution in [0.2, 0.25) is 0 Å². The number of likely N-dealkylation sites (N-methyl/N-ethyl adjacent to an activating group) is 1. The first-order valence-electron chi connectivity index (χ1n) is 16.7. The van der Waals surface area contributed by atoms with E-state index in [2.05, 4.69) is 15.0 Å². The molecule has 262 valence electrons. The van der Waals surface area contributed by atoms with Crippen molar-refractivity contribution in [1.29, 1.82) is 0 Å². The van der Waals surface area contributed by atoms with Gasteiger partial charge in [0.15, 0.2) is 5.03 Å². The molecule has 0 bridgehead atoms. The van der Waals surface area contributed by atoms with Crippen molar-refractivity contribution in [3.05, 3.63) is 36.3 Å². The summed E-state index contributed by atoms with van der Waals surface area (Å²) in [5.41, 5.74) is 0.348. The van der Waals surface area contributed by atoms with Crippen molar-refractivity contribution in [3.8, 4) is 5.75 Å². The van der Waals surface area contributed by atoms with Gasteiger partial charge in [-0.15, -0.1) is 0 Å². The lowest BCUT2D eigenvalue weighted by atomic mass is 9.96. The Bertz CT molecular complexity index is 1440. The average molecular weight is 677 g/mol. The minimum atomic E-state index is -4.02. The lowest BCUT2D eigenvalue weighted by Crippen LogP contribution is -2.50. The van der Waals surface area contributed by atoms with Crippen molar-refractivity contribution in [2.24, 2.45) is 13.0 Å². The number of aliphatic hydroxyl groups is 1. The smallest absolute Gasteiger partial charge is 0.317 e. The van der Waals surface area contributed by atoms with Crippen LogP contribution < -0.4 is 14.8 Å². The van der Waals surface area contributed by atoms with Crippen LogP contribution in [0.25, 0.3) is 0 Å². The van der Waals surface area contributed by atoms with Gasteiger partial charge in [0.05, 0.1) is 36.7 Å². The van der Waals surface area contributed by atoms with Gasteiger partial charge in [-0.25, -0.2) is 9.78 Å². The van der Waals surface area contributed by atoms with Crippen molar-refractivity contribution >= 4 is 27.6 Å². The van der Waals surface area contributed by atoms with Crippen LogP contribution in [0.3, 0.4) is 0 Å². The van der Waals surface area contributed by atoms with Gasteiger partial charge >= 0.3 is 6.03 Å². The molecule has 0 spiro atoms. The SMILES string of the molecule is C[C@@H]1CN([C@H](C)CO)C(=O)c2cc(NS(=O)(=O)c3cn(C)cn3)ccc2O[C@@H](C)CCCCO[C@@H]1CN(C)C(=O)NC1CCCCC1. The number of imidazole rings is 1. The highest BCUT2D eigenvalue weighted by molar-refractivity contribution is 7.92. The fraction of sp³-hybridized carbons (Fsp3) is 0.667. The molecule has 4 rings (SSSR count). The van der Waals surface area contributed by atoms with Crippen LogP contribution in [0.5, 0.6) is 5.75 Å². The summed E-state index contributed by atoms with van der Waals surface area (Å²) in [4.78, 5) is 34.6. The van der Waals surface area contributed by atoms with E-state index in [1.165, 1.54) is 29.6 Å². The summed E-state index contributed by atoms with van der Waals surface area (Å²) in [6.45, 7) is 6.44. The molecule has 14 heteroatoms. The van der Waals surface area contributed by atoms with Crippen molar-refractivity contribution < 1.29 is 32.6 Å². The molecule has 2 aliphatic rings.